The van der Waals surface area contributed by atoms with Gasteiger partial charge in [-0.25, -0.2) is 9.78 Å². The Balaban J connectivity index is 1.65. The summed E-state index contributed by atoms with van der Waals surface area (Å²) in [6, 6.07) is 5.13. The smallest absolute Gasteiger partial charge is 0.340 e. The van der Waals surface area contributed by atoms with Gasteiger partial charge in [0.2, 0.25) is 6.79 Å². The molecule has 0 saturated heterocycles. The minimum atomic E-state index is -1.51. The van der Waals surface area contributed by atoms with E-state index in [-0.39, 0.29) is 43.2 Å². The van der Waals surface area contributed by atoms with Crippen molar-refractivity contribution in [1.29, 1.82) is 0 Å². The minimum Gasteiger partial charge on any atom is -0.458 e. The van der Waals surface area contributed by atoms with Crippen LogP contribution in [-0.2, 0) is 29.3 Å². The van der Waals surface area contributed by atoms with Gasteiger partial charge in [0.05, 0.1) is 35.6 Å². The van der Waals surface area contributed by atoms with E-state index in [1.165, 1.54) is 4.57 Å². The lowest BCUT2D eigenvalue weighted by molar-refractivity contribution is -0.157. The Kier molecular flexibility index (Phi) is 3.16. The molecule has 9 heteroatoms. The third kappa shape index (κ3) is 2.08. The minimum absolute atomic E-state index is 0.123. The molecule has 1 unspecified atom stereocenters. The van der Waals surface area contributed by atoms with E-state index in [1.54, 1.807) is 18.2 Å². The summed E-state index contributed by atoms with van der Waals surface area (Å²) < 4.78 is 17.3. The Morgan fingerprint density at radius 3 is 2.69 bits per heavy atom. The summed E-state index contributed by atoms with van der Waals surface area (Å²) in [5.41, 5.74) is 3.14. The highest BCUT2D eigenvalue weighted by Gasteiger charge is 2.34. The van der Waals surface area contributed by atoms with Crippen molar-refractivity contribution in [3.63, 3.8) is 0 Å². The summed E-state index contributed by atoms with van der Waals surface area (Å²) in [6.07, 6.45) is -1.51. The first-order chi connectivity index (χ1) is 14.1. The zero-order valence-electron chi connectivity index (χ0n) is 15.0. The third-order valence-corrected chi connectivity index (χ3v) is 5.73. The second-order valence-corrected chi connectivity index (χ2v) is 7.16. The van der Waals surface area contributed by atoms with Gasteiger partial charge in [-0.15, -0.1) is 0 Å². The van der Waals surface area contributed by atoms with Gasteiger partial charge in [-0.1, -0.05) is 0 Å². The highest BCUT2D eigenvalue weighted by atomic mass is 16.7. The number of fused-ring (bicyclic) bond motifs is 6. The van der Waals surface area contributed by atoms with E-state index < -0.39 is 12.1 Å². The fourth-order valence-corrected chi connectivity index (χ4v) is 4.28. The van der Waals surface area contributed by atoms with Crippen molar-refractivity contribution in [2.75, 3.05) is 6.79 Å². The Labute approximate surface area is 162 Å². The first-order valence-corrected chi connectivity index (χ1v) is 9.04. The number of nitrogens with zero attached hydrogens (tertiary/aromatic N) is 2. The number of cyclic esters (lactones) is 1. The van der Waals surface area contributed by atoms with Crippen molar-refractivity contribution in [2.45, 2.75) is 25.9 Å². The first-order valence-electron chi connectivity index (χ1n) is 9.04. The molecule has 2 N–H and O–H groups in total. The van der Waals surface area contributed by atoms with Crippen LogP contribution in [0.4, 0.5) is 0 Å². The number of carbonyl (C=O) groups excluding carboxylic acids is 1. The second kappa shape index (κ2) is 5.56. The fourth-order valence-electron chi connectivity index (χ4n) is 4.28. The molecule has 1 aromatic carbocycles. The summed E-state index contributed by atoms with van der Waals surface area (Å²) >= 11 is 0. The molecule has 1 atom stereocenters. The molecular weight excluding hydrogens is 380 g/mol. The predicted molar refractivity (Wildman–Crippen MR) is 97.3 cm³/mol. The quantitative estimate of drug-likeness (QED) is 0.454. The molecule has 0 aliphatic carbocycles. The van der Waals surface area contributed by atoms with Crippen LogP contribution in [0.2, 0.25) is 0 Å². The zero-order valence-corrected chi connectivity index (χ0v) is 15.0. The van der Waals surface area contributed by atoms with E-state index in [9.17, 15) is 19.8 Å². The van der Waals surface area contributed by atoms with Crippen molar-refractivity contribution in [2.24, 2.45) is 0 Å². The van der Waals surface area contributed by atoms with E-state index in [2.05, 4.69) is 0 Å². The number of esters is 1. The molecular formula is C20H14N2O7. The number of aromatic nitrogens is 2. The lowest BCUT2D eigenvalue weighted by Gasteiger charge is -2.21. The van der Waals surface area contributed by atoms with Crippen LogP contribution in [0.3, 0.4) is 0 Å². The van der Waals surface area contributed by atoms with E-state index in [4.69, 9.17) is 19.2 Å². The normalized spacial score (nSPS) is 18.4. The van der Waals surface area contributed by atoms with Crippen LogP contribution >= 0.6 is 0 Å². The summed E-state index contributed by atoms with van der Waals surface area (Å²) in [4.78, 5) is 29.5. The van der Waals surface area contributed by atoms with Gasteiger partial charge in [0.25, 0.3) is 5.56 Å². The summed E-state index contributed by atoms with van der Waals surface area (Å²) in [5.74, 6) is 0.360. The van der Waals surface area contributed by atoms with Gasteiger partial charge < -0.3 is 29.0 Å². The summed E-state index contributed by atoms with van der Waals surface area (Å²) in [6.45, 7) is -0.0652. The Hall–Kier alpha value is -3.43. The zero-order chi connectivity index (χ0) is 19.9. The van der Waals surface area contributed by atoms with Crippen LogP contribution in [-0.4, -0.2) is 32.5 Å². The lowest BCUT2D eigenvalue weighted by Crippen LogP contribution is -2.32. The molecule has 0 spiro atoms. The average Bonchev–Trinajstić information content (AvgIpc) is 3.32. The number of rotatable bonds is 1. The molecule has 3 aromatic rings. The fraction of sp³-hybridized carbons (Fsp3) is 0.250. The SMILES string of the molecule is O=C1OCc2c(cc3n(c2=O)Cc2c-3nc3cc4c(cc3c2CO)OCO4)C1O. The van der Waals surface area contributed by atoms with Crippen molar-refractivity contribution in [3.8, 4) is 22.9 Å². The van der Waals surface area contributed by atoms with Crippen molar-refractivity contribution in [3.05, 3.63) is 50.8 Å². The van der Waals surface area contributed by atoms with Crippen LogP contribution in [0.5, 0.6) is 11.5 Å². The molecule has 2 aromatic heterocycles. The number of benzene rings is 1. The topological polar surface area (TPSA) is 120 Å². The number of hydrogen-bond donors (Lipinski definition) is 2. The number of carbonyl (C=O) groups is 1. The average molecular weight is 394 g/mol. The van der Waals surface area contributed by atoms with E-state index >= 15 is 0 Å². The number of ether oxygens (including phenoxy) is 3. The van der Waals surface area contributed by atoms with Crippen LogP contribution in [0, 0.1) is 0 Å². The molecule has 0 amide bonds. The van der Waals surface area contributed by atoms with E-state index in [0.717, 1.165) is 10.9 Å². The highest BCUT2D eigenvalue weighted by molar-refractivity contribution is 5.91. The second-order valence-electron chi connectivity index (χ2n) is 7.16. The molecule has 0 fully saturated rings. The molecule has 9 nitrogen and oxygen atoms in total. The third-order valence-electron chi connectivity index (χ3n) is 5.73. The highest BCUT2D eigenvalue weighted by Crippen LogP contribution is 2.42. The van der Waals surface area contributed by atoms with Gasteiger partial charge >= 0.3 is 5.97 Å². The van der Waals surface area contributed by atoms with Gasteiger partial charge in [0.1, 0.15) is 6.61 Å². The number of pyridine rings is 2. The first kappa shape index (κ1) is 16.5. The Morgan fingerprint density at radius 1 is 1.10 bits per heavy atom. The van der Waals surface area contributed by atoms with Gasteiger partial charge in [-0.2, -0.15) is 0 Å². The van der Waals surface area contributed by atoms with Crippen molar-refractivity contribution < 1.29 is 29.2 Å². The molecule has 29 heavy (non-hydrogen) atoms. The molecule has 0 bridgehead atoms. The van der Waals surface area contributed by atoms with Crippen molar-refractivity contribution in [1.82, 2.24) is 9.55 Å². The van der Waals surface area contributed by atoms with Gasteiger partial charge in [0.15, 0.2) is 17.6 Å². The maximum atomic E-state index is 13.0. The van der Waals surface area contributed by atoms with Gasteiger partial charge in [-0.3, -0.25) is 4.79 Å². The van der Waals surface area contributed by atoms with Gasteiger partial charge in [-0.05, 0) is 17.7 Å². The lowest BCUT2D eigenvalue weighted by atomic mass is 9.98. The Morgan fingerprint density at radius 2 is 1.90 bits per heavy atom. The largest absolute Gasteiger partial charge is 0.458 e. The molecule has 5 heterocycles. The van der Waals surface area contributed by atoms with Crippen LogP contribution in [0.1, 0.15) is 28.4 Å². The molecule has 6 rings (SSSR count). The van der Waals surface area contributed by atoms with E-state index in [1.807, 2.05) is 0 Å². The predicted octanol–water partition coefficient (Wildman–Crippen LogP) is 0.736. The molecule has 0 saturated carbocycles. The van der Waals surface area contributed by atoms with E-state index in [0.29, 0.717) is 34.0 Å². The summed E-state index contributed by atoms with van der Waals surface area (Å²) in [7, 11) is 0. The number of aliphatic hydroxyl groups excluding tert-OH is 2. The van der Waals surface area contributed by atoms with Crippen LogP contribution < -0.4 is 15.0 Å². The molecule has 3 aliphatic rings. The summed E-state index contributed by atoms with van der Waals surface area (Å²) in [5, 5.41) is 21.0. The number of aliphatic hydroxyl groups is 2. The maximum Gasteiger partial charge on any atom is 0.340 e. The van der Waals surface area contributed by atoms with Crippen molar-refractivity contribution >= 4 is 16.9 Å². The molecule has 0 radical (unpaired) electrons. The van der Waals surface area contributed by atoms with Crippen LogP contribution in [0.15, 0.2) is 23.0 Å². The standard InChI is InChI=1S/C20H14N2O7/c23-5-11-8-2-15-16(29-7-28-15)3-13(8)21-17-10(11)4-22-14(17)1-9-12(19(22)25)6-27-20(26)18(9)24/h1-3,18,23-24H,4-7H2. The molecule has 146 valence electrons. The van der Waals surface area contributed by atoms with Gasteiger partial charge in [0, 0.05) is 22.6 Å². The molecule has 3 aliphatic heterocycles. The maximum absolute atomic E-state index is 13.0. The Bertz CT molecular complexity index is 1310. The van der Waals surface area contributed by atoms with Crippen LogP contribution in [0.25, 0.3) is 22.3 Å². The number of hydrogen-bond acceptors (Lipinski definition) is 8. The monoisotopic (exact) mass is 394 g/mol.